The highest BCUT2D eigenvalue weighted by molar-refractivity contribution is 6.07. The van der Waals surface area contributed by atoms with Crippen LogP contribution in [0.15, 0.2) is 30.5 Å². The molecule has 3 rings (SSSR count). The van der Waals surface area contributed by atoms with E-state index in [0.717, 1.165) is 10.9 Å². The lowest BCUT2D eigenvalue weighted by molar-refractivity contribution is -0.144. The molecule has 7 nitrogen and oxygen atoms in total. The van der Waals surface area contributed by atoms with Crippen LogP contribution in [0.5, 0.6) is 0 Å². The highest BCUT2D eigenvalue weighted by atomic mass is 16.7. The van der Waals surface area contributed by atoms with Crippen LogP contribution in [0.2, 0.25) is 0 Å². The van der Waals surface area contributed by atoms with E-state index in [4.69, 9.17) is 9.47 Å². The minimum absolute atomic E-state index is 0.0481. The van der Waals surface area contributed by atoms with Crippen molar-refractivity contribution in [1.82, 2.24) is 15.2 Å². The number of aromatic amines is 1. The van der Waals surface area contributed by atoms with E-state index in [1.807, 2.05) is 38.1 Å². The Balaban J connectivity index is 1.50. The summed E-state index contributed by atoms with van der Waals surface area (Å²) >= 11 is 0. The molecule has 1 aromatic carbocycles. The number of nitrogens with one attached hydrogen (secondary N) is 2. The fourth-order valence-electron chi connectivity index (χ4n) is 3.10. The SMILES string of the molecule is CCOC(CNC(=O)C1CN(C(=O)c2c[nH]c3ccccc23)C1)OCC. The van der Waals surface area contributed by atoms with Crippen molar-refractivity contribution in [3.05, 3.63) is 36.0 Å². The Morgan fingerprint density at radius 2 is 1.92 bits per heavy atom. The number of benzene rings is 1. The van der Waals surface area contributed by atoms with Gasteiger partial charge in [0.15, 0.2) is 6.29 Å². The number of H-pyrrole nitrogens is 1. The largest absolute Gasteiger partial charge is 0.360 e. The number of likely N-dealkylation sites (tertiary alicyclic amines) is 1. The summed E-state index contributed by atoms with van der Waals surface area (Å²) < 4.78 is 10.8. The first-order valence-electron chi connectivity index (χ1n) is 9.00. The van der Waals surface area contributed by atoms with Gasteiger partial charge < -0.3 is 24.7 Å². The third-order valence-corrected chi connectivity index (χ3v) is 4.51. The summed E-state index contributed by atoms with van der Waals surface area (Å²) in [6.07, 6.45) is 1.30. The van der Waals surface area contributed by atoms with E-state index in [9.17, 15) is 9.59 Å². The Morgan fingerprint density at radius 1 is 1.23 bits per heavy atom. The minimum atomic E-state index is -0.432. The number of hydrogen-bond acceptors (Lipinski definition) is 4. The number of carbonyl (C=O) groups is 2. The molecule has 0 unspecified atom stereocenters. The molecule has 2 aromatic rings. The lowest BCUT2D eigenvalue weighted by Crippen LogP contribution is -2.56. The minimum Gasteiger partial charge on any atom is -0.360 e. The molecule has 1 aromatic heterocycles. The van der Waals surface area contributed by atoms with Gasteiger partial charge in [0.05, 0.1) is 18.0 Å². The molecule has 26 heavy (non-hydrogen) atoms. The van der Waals surface area contributed by atoms with E-state index >= 15 is 0 Å². The van der Waals surface area contributed by atoms with E-state index in [0.29, 0.717) is 38.4 Å². The number of ether oxygens (including phenoxy) is 2. The van der Waals surface area contributed by atoms with E-state index in [-0.39, 0.29) is 17.7 Å². The zero-order valence-corrected chi connectivity index (χ0v) is 15.2. The molecular weight excluding hydrogens is 334 g/mol. The molecule has 2 heterocycles. The number of amides is 2. The molecule has 0 radical (unpaired) electrons. The lowest BCUT2D eigenvalue weighted by Gasteiger charge is -2.38. The van der Waals surface area contributed by atoms with Crippen molar-refractivity contribution in [3.8, 4) is 0 Å². The average molecular weight is 359 g/mol. The van der Waals surface area contributed by atoms with Crippen molar-refractivity contribution >= 4 is 22.7 Å². The van der Waals surface area contributed by atoms with Crippen molar-refractivity contribution in [2.45, 2.75) is 20.1 Å². The first kappa shape index (κ1) is 18.4. The number of hydrogen-bond donors (Lipinski definition) is 2. The molecule has 1 saturated heterocycles. The summed E-state index contributed by atoms with van der Waals surface area (Å²) in [5, 5.41) is 3.75. The standard InChI is InChI=1S/C19H25N3O4/c1-3-25-17(26-4-2)10-21-18(23)13-11-22(12-13)19(24)15-9-20-16-8-6-5-7-14(15)16/h5-9,13,17,20H,3-4,10-12H2,1-2H3,(H,21,23). The third-order valence-electron chi connectivity index (χ3n) is 4.51. The second kappa shape index (κ2) is 8.33. The van der Waals surface area contributed by atoms with Crippen LogP contribution in [0.25, 0.3) is 10.9 Å². The van der Waals surface area contributed by atoms with E-state index in [1.165, 1.54) is 0 Å². The summed E-state index contributed by atoms with van der Waals surface area (Å²) in [5.74, 6) is -0.307. The Kier molecular flexibility index (Phi) is 5.90. The Morgan fingerprint density at radius 3 is 2.62 bits per heavy atom. The number of para-hydroxylation sites is 1. The van der Waals surface area contributed by atoms with Crippen LogP contribution in [0.1, 0.15) is 24.2 Å². The fourth-order valence-corrected chi connectivity index (χ4v) is 3.10. The fraction of sp³-hybridized carbons (Fsp3) is 0.474. The maximum Gasteiger partial charge on any atom is 0.256 e. The predicted molar refractivity (Wildman–Crippen MR) is 97.7 cm³/mol. The normalized spacial score (nSPS) is 14.7. The molecule has 1 aliphatic rings. The van der Waals surface area contributed by atoms with Crippen molar-refractivity contribution in [3.63, 3.8) is 0 Å². The smallest absolute Gasteiger partial charge is 0.256 e. The summed E-state index contributed by atoms with van der Waals surface area (Å²) in [6.45, 7) is 5.99. The first-order chi connectivity index (χ1) is 12.6. The second-order valence-corrected chi connectivity index (χ2v) is 6.24. The number of nitrogens with zero attached hydrogens (tertiary/aromatic N) is 1. The van der Waals surface area contributed by atoms with Gasteiger partial charge in [-0.25, -0.2) is 0 Å². The third kappa shape index (κ3) is 3.89. The van der Waals surface area contributed by atoms with Gasteiger partial charge in [0.1, 0.15) is 0 Å². The molecule has 0 spiro atoms. The lowest BCUT2D eigenvalue weighted by atomic mass is 9.97. The molecule has 0 aliphatic carbocycles. The van der Waals surface area contributed by atoms with Crippen LogP contribution >= 0.6 is 0 Å². The zero-order chi connectivity index (χ0) is 18.5. The maximum atomic E-state index is 12.6. The number of carbonyl (C=O) groups excluding carboxylic acids is 2. The number of aromatic nitrogens is 1. The summed E-state index contributed by atoms with van der Waals surface area (Å²) in [6, 6.07) is 7.69. The van der Waals surface area contributed by atoms with Crippen molar-refractivity contribution in [2.75, 3.05) is 32.8 Å². The van der Waals surface area contributed by atoms with E-state index in [1.54, 1.807) is 11.1 Å². The van der Waals surface area contributed by atoms with Gasteiger partial charge in [-0.3, -0.25) is 9.59 Å². The Bertz CT molecular complexity index is 761. The van der Waals surface area contributed by atoms with Crippen LogP contribution in [0, 0.1) is 5.92 Å². The highest BCUT2D eigenvalue weighted by Crippen LogP contribution is 2.24. The molecule has 0 saturated carbocycles. The summed E-state index contributed by atoms with van der Waals surface area (Å²) in [4.78, 5) is 29.7. The molecular formula is C19H25N3O4. The van der Waals surface area contributed by atoms with Gasteiger partial charge in [0.2, 0.25) is 5.91 Å². The van der Waals surface area contributed by atoms with Crippen molar-refractivity contribution in [1.29, 1.82) is 0 Å². The molecule has 140 valence electrons. The molecule has 0 bridgehead atoms. The average Bonchev–Trinajstić information content (AvgIpc) is 3.03. The van der Waals surface area contributed by atoms with Gasteiger partial charge in [0.25, 0.3) is 5.91 Å². The summed E-state index contributed by atoms with van der Waals surface area (Å²) in [5.41, 5.74) is 1.58. The van der Waals surface area contributed by atoms with Crippen LogP contribution < -0.4 is 5.32 Å². The van der Waals surface area contributed by atoms with Gasteiger partial charge in [0, 0.05) is 43.4 Å². The van der Waals surface area contributed by atoms with Crippen LogP contribution in [-0.2, 0) is 14.3 Å². The van der Waals surface area contributed by atoms with Gasteiger partial charge in [-0.15, -0.1) is 0 Å². The number of fused-ring (bicyclic) bond motifs is 1. The van der Waals surface area contributed by atoms with E-state index < -0.39 is 6.29 Å². The van der Waals surface area contributed by atoms with Crippen molar-refractivity contribution < 1.29 is 19.1 Å². The monoisotopic (exact) mass is 359 g/mol. The Hall–Kier alpha value is -2.38. The highest BCUT2D eigenvalue weighted by Gasteiger charge is 2.36. The number of rotatable bonds is 8. The van der Waals surface area contributed by atoms with Gasteiger partial charge in [-0.05, 0) is 19.9 Å². The van der Waals surface area contributed by atoms with E-state index in [2.05, 4.69) is 10.3 Å². The molecule has 0 atom stereocenters. The maximum absolute atomic E-state index is 12.6. The predicted octanol–water partition coefficient (Wildman–Crippen LogP) is 1.76. The second-order valence-electron chi connectivity index (χ2n) is 6.24. The zero-order valence-electron chi connectivity index (χ0n) is 15.2. The van der Waals surface area contributed by atoms with Gasteiger partial charge in [-0.2, -0.15) is 0 Å². The van der Waals surface area contributed by atoms with Crippen molar-refractivity contribution in [2.24, 2.45) is 5.92 Å². The quantitative estimate of drug-likeness (QED) is 0.704. The van der Waals surface area contributed by atoms with Crippen LogP contribution in [0.3, 0.4) is 0 Å². The summed E-state index contributed by atoms with van der Waals surface area (Å²) in [7, 11) is 0. The molecule has 7 heteroatoms. The van der Waals surface area contributed by atoms with Gasteiger partial charge >= 0.3 is 0 Å². The Labute approximate surface area is 152 Å². The van der Waals surface area contributed by atoms with Crippen LogP contribution in [-0.4, -0.2) is 60.8 Å². The van der Waals surface area contributed by atoms with Crippen LogP contribution in [0.4, 0.5) is 0 Å². The van der Waals surface area contributed by atoms with Gasteiger partial charge in [-0.1, -0.05) is 18.2 Å². The molecule has 1 aliphatic heterocycles. The molecule has 2 amide bonds. The molecule has 1 fully saturated rings. The molecule has 2 N–H and O–H groups in total. The topological polar surface area (TPSA) is 83.7 Å². The first-order valence-corrected chi connectivity index (χ1v) is 9.00.